The maximum atomic E-state index is 12.1. The molecule has 0 unspecified atom stereocenters. The molecule has 1 rings (SSSR count). The molecule has 0 aliphatic carbocycles. The first kappa shape index (κ1) is 15.0. The molecule has 0 radical (unpaired) electrons. The van der Waals surface area contributed by atoms with E-state index in [1.54, 1.807) is 16.7 Å². The smallest absolute Gasteiger partial charge is 0.227 e. The van der Waals surface area contributed by atoms with Gasteiger partial charge in [0, 0.05) is 30.8 Å². The normalized spacial score (nSPS) is 10.1. The molecule has 1 aromatic carbocycles. The fourth-order valence-corrected chi connectivity index (χ4v) is 2.02. The molecule has 0 saturated heterocycles. The molecule has 98 valence electrons. The number of rotatable bonds is 7. The first-order chi connectivity index (χ1) is 8.65. The summed E-state index contributed by atoms with van der Waals surface area (Å²) in [6.45, 7) is 0.548. The Bertz CT molecular complexity index is 395. The zero-order valence-corrected chi connectivity index (χ0v) is 12.1. The maximum Gasteiger partial charge on any atom is 0.227 e. The lowest BCUT2D eigenvalue weighted by atomic mass is 10.2. The second-order valence-corrected chi connectivity index (χ2v) is 5.35. The van der Waals surface area contributed by atoms with Crippen molar-refractivity contribution in [3.8, 4) is 0 Å². The van der Waals surface area contributed by atoms with Gasteiger partial charge >= 0.3 is 0 Å². The summed E-state index contributed by atoms with van der Waals surface area (Å²) < 4.78 is 0. The average molecular weight is 282 g/mol. The molecule has 0 heterocycles. The van der Waals surface area contributed by atoms with Crippen LogP contribution in [0, 0.1) is 0 Å². The second-order valence-electron chi connectivity index (χ2n) is 3.84. The third-order valence-electron chi connectivity index (χ3n) is 2.47. The van der Waals surface area contributed by atoms with Crippen LogP contribution in [0.1, 0.15) is 12.8 Å². The van der Waals surface area contributed by atoms with Crippen molar-refractivity contribution < 1.29 is 4.79 Å². The molecular formula is C13H18N2OS2. The highest BCUT2D eigenvalue weighted by Gasteiger charge is 2.14. The molecule has 0 spiro atoms. The molecule has 0 aliphatic heterocycles. The lowest BCUT2D eigenvalue weighted by molar-refractivity contribution is -0.118. The molecule has 0 saturated carbocycles. The lowest BCUT2D eigenvalue weighted by Crippen LogP contribution is -2.33. The van der Waals surface area contributed by atoms with E-state index in [-0.39, 0.29) is 5.91 Å². The molecule has 0 aliphatic rings. The topological polar surface area (TPSA) is 46.3 Å². The fraction of sp³-hybridized carbons (Fsp3) is 0.385. The van der Waals surface area contributed by atoms with E-state index in [1.165, 1.54) is 0 Å². The van der Waals surface area contributed by atoms with Crippen molar-refractivity contribution in [2.45, 2.75) is 12.8 Å². The number of para-hydroxylation sites is 1. The summed E-state index contributed by atoms with van der Waals surface area (Å²) in [6.07, 6.45) is 3.08. The quantitative estimate of drug-likeness (QED) is 0.780. The van der Waals surface area contributed by atoms with Crippen LogP contribution in [0.5, 0.6) is 0 Å². The number of nitrogens with two attached hydrogens (primary N) is 1. The van der Waals surface area contributed by atoms with E-state index >= 15 is 0 Å². The minimum absolute atomic E-state index is 0.117. The lowest BCUT2D eigenvalue weighted by Gasteiger charge is -2.22. The van der Waals surface area contributed by atoms with Crippen molar-refractivity contribution in [2.24, 2.45) is 5.73 Å². The van der Waals surface area contributed by atoms with Crippen LogP contribution in [0.2, 0.25) is 0 Å². The van der Waals surface area contributed by atoms with E-state index in [9.17, 15) is 4.79 Å². The number of hydrogen-bond donors (Lipinski definition) is 1. The Balaban J connectivity index is 2.74. The number of carbonyl (C=O) groups excluding carboxylic acids is 1. The van der Waals surface area contributed by atoms with Crippen LogP contribution < -0.4 is 10.6 Å². The predicted octanol–water partition coefficient (Wildman–Crippen LogP) is 2.45. The predicted molar refractivity (Wildman–Crippen MR) is 83.2 cm³/mol. The third-order valence-corrected chi connectivity index (χ3v) is 3.29. The molecule has 0 bridgehead atoms. The number of hydrogen-bond acceptors (Lipinski definition) is 3. The number of thiocarbonyl (C=S) groups is 1. The third kappa shape index (κ3) is 5.06. The number of benzene rings is 1. The number of nitrogens with zero attached hydrogens (tertiary/aromatic N) is 1. The summed E-state index contributed by atoms with van der Waals surface area (Å²) >= 11 is 6.54. The highest BCUT2D eigenvalue weighted by molar-refractivity contribution is 7.98. The van der Waals surface area contributed by atoms with Crippen LogP contribution in [-0.2, 0) is 4.79 Å². The molecule has 5 heteroatoms. The first-order valence-corrected chi connectivity index (χ1v) is 7.58. The molecule has 1 amide bonds. The van der Waals surface area contributed by atoms with Gasteiger partial charge < -0.3 is 10.6 Å². The molecule has 2 N–H and O–H groups in total. The molecular weight excluding hydrogens is 264 g/mol. The molecule has 0 aromatic heterocycles. The van der Waals surface area contributed by atoms with E-state index in [0.29, 0.717) is 24.4 Å². The minimum Gasteiger partial charge on any atom is -0.393 e. The van der Waals surface area contributed by atoms with E-state index in [4.69, 9.17) is 18.0 Å². The fourth-order valence-electron chi connectivity index (χ4n) is 1.55. The number of carbonyl (C=O) groups is 1. The first-order valence-electron chi connectivity index (χ1n) is 5.78. The number of thioether (sulfide) groups is 1. The van der Waals surface area contributed by atoms with Crippen LogP contribution >= 0.6 is 24.0 Å². The minimum atomic E-state index is 0.117. The van der Waals surface area contributed by atoms with Crippen molar-refractivity contribution >= 4 is 40.6 Å². The maximum absolute atomic E-state index is 12.1. The van der Waals surface area contributed by atoms with Gasteiger partial charge in [0.05, 0.1) is 4.99 Å². The molecule has 1 aromatic rings. The molecule has 0 atom stereocenters. The molecule has 3 nitrogen and oxygen atoms in total. The summed E-state index contributed by atoms with van der Waals surface area (Å²) in [5.41, 5.74) is 6.41. The number of amides is 1. The van der Waals surface area contributed by atoms with Gasteiger partial charge in [-0.2, -0.15) is 11.8 Å². The average Bonchev–Trinajstić information content (AvgIpc) is 2.37. The van der Waals surface area contributed by atoms with Gasteiger partial charge in [0.15, 0.2) is 0 Å². The molecule has 18 heavy (non-hydrogen) atoms. The van der Waals surface area contributed by atoms with Gasteiger partial charge in [0.25, 0.3) is 0 Å². The van der Waals surface area contributed by atoms with Crippen LogP contribution in [0.3, 0.4) is 0 Å². The van der Waals surface area contributed by atoms with Crippen molar-refractivity contribution in [3.05, 3.63) is 30.3 Å². The van der Waals surface area contributed by atoms with Crippen molar-refractivity contribution in [3.63, 3.8) is 0 Å². The Morgan fingerprint density at radius 3 is 2.56 bits per heavy atom. The van der Waals surface area contributed by atoms with Gasteiger partial charge in [0.2, 0.25) is 5.91 Å². The zero-order valence-electron chi connectivity index (χ0n) is 10.5. The van der Waals surface area contributed by atoms with Crippen molar-refractivity contribution in [2.75, 3.05) is 23.5 Å². The second kappa shape index (κ2) is 8.11. The van der Waals surface area contributed by atoms with Crippen molar-refractivity contribution in [1.82, 2.24) is 0 Å². The van der Waals surface area contributed by atoms with Gasteiger partial charge in [-0.15, -0.1) is 0 Å². The van der Waals surface area contributed by atoms with Gasteiger partial charge in [-0.25, -0.2) is 0 Å². The summed E-state index contributed by atoms with van der Waals surface area (Å²) in [5, 5.41) is 0. The molecule has 0 fully saturated rings. The Morgan fingerprint density at radius 1 is 1.33 bits per heavy atom. The standard InChI is InChI=1S/C13H18N2OS2/c1-18-10-8-13(16)15(9-7-12(14)17)11-5-3-2-4-6-11/h2-6H,7-10H2,1H3,(H2,14,17). The Kier molecular flexibility index (Phi) is 6.75. The van der Waals surface area contributed by atoms with Gasteiger partial charge in [-0.05, 0) is 18.4 Å². The highest BCUT2D eigenvalue weighted by atomic mass is 32.2. The number of anilines is 1. The van der Waals surface area contributed by atoms with Crippen LogP contribution in [0.15, 0.2) is 30.3 Å². The van der Waals surface area contributed by atoms with Crippen molar-refractivity contribution in [1.29, 1.82) is 0 Å². The van der Waals surface area contributed by atoms with Crippen LogP contribution in [0.25, 0.3) is 0 Å². The largest absolute Gasteiger partial charge is 0.393 e. The Hall–Kier alpha value is -1.07. The Morgan fingerprint density at radius 2 is 2.00 bits per heavy atom. The van der Waals surface area contributed by atoms with Gasteiger partial charge in [-0.3, -0.25) is 4.79 Å². The Labute approximate surface area is 118 Å². The highest BCUT2D eigenvalue weighted by Crippen LogP contribution is 2.15. The summed E-state index contributed by atoms with van der Waals surface area (Å²) in [7, 11) is 0. The van der Waals surface area contributed by atoms with E-state index in [2.05, 4.69) is 0 Å². The van der Waals surface area contributed by atoms with E-state index < -0.39 is 0 Å². The van der Waals surface area contributed by atoms with Crippen LogP contribution in [-0.4, -0.2) is 29.4 Å². The SMILES string of the molecule is CSCCC(=O)N(CCC(N)=S)c1ccccc1. The van der Waals surface area contributed by atoms with E-state index in [0.717, 1.165) is 11.4 Å². The van der Waals surface area contributed by atoms with E-state index in [1.807, 2.05) is 36.6 Å². The monoisotopic (exact) mass is 282 g/mol. The van der Waals surface area contributed by atoms with Gasteiger partial charge in [-0.1, -0.05) is 30.4 Å². The van der Waals surface area contributed by atoms with Crippen LogP contribution in [0.4, 0.5) is 5.69 Å². The zero-order chi connectivity index (χ0) is 13.4. The summed E-state index contributed by atoms with van der Waals surface area (Å²) in [4.78, 5) is 14.3. The van der Waals surface area contributed by atoms with Gasteiger partial charge in [0.1, 0.15) is 0 Å². The summed E-state index contributed by atoms with van der Waals surface area (Å²) in [5.74, 6) is 0.946. The summed E-state index contributed by atoms with van der Waals surface area (Å²) in [6, 6.07) is 9.63.